The number of ether oxygens (including phenoxy) is 1. The standard InChI is InChI=1S/C14H22N2O3/c1-10-5-6-11(9-12(10)15-7-8-17)16-13(18)19-14(2,3)4/h5-6,9,15,17H,7-8H2,1-4H3,(H,16,18). The SMILES string of the molecule is Cc1ccc(NC(=O)OC(C)(C)C)cc1NCCO. The molecular weight excluding hydrogens is 244 g/mol. The molecule has 0 aromatic heterocycles. The van der Waals surface area contributed by atoms with Gasteiger partial charge in [-0.3, -0.25) is 5.32 Å². The number of rotatable bonds is 4. The molecule has 0 atom stereocenters. The second kappa shape index (κ2) is 6.43. The van der Waals surface area contributed by atoms with Gasteiger partial charge in [-0.15, -0.1) is 0 Å². The molecule has 1 aromatic rings. The van der Waals surface area contributed by atoms with Gasteiger partial charge in [-0.1, -0.05) is 6.07 Å². The number of hydrogen-bond donors (Lipinski definition) is 3. The quantitative estimate of drug-likeness (QED) is 0.783. The summed E-state index contributed by atoms with van der Waals surface area (Å²) in [5.74, 6) is 0. The number of aliphatic hydroxyl groups is 1. The first kappa shape index (κ1) is 15.3. The lowest BCUT2D eigenvalue weighted by Gasteiger charge is -2.20. The molecule has 5 nitrogen and oxygen atoms in total. The van der Waals surface area contributed by atoms with Crippen LogP contribution in [0.2, 0.25) is 0 Å². The van der Waals surface area contributed by atoms with Crippen molar-refractivity contribution in [2.24, 2.45) is 0 Å². The molecule has 1 amide bonds. The fourth-order valence-electron chi connectivity index (χ4n) is 1.50. The second-order valence-electron chi connectivity index (χ2n) is 5.31. The molecule has 106 valence electrons. The minimum atomic E-state index is -0.521. The Morgan fingerprint density at radius 2 is 2.05 bits per heavy atom. The second-order valence-corrected chi connectivity index (χ2v) is 5.31. The van der Waals surface area contributed by atoms with Crippen LogP contribution in [0.1, 0.15) is 26.3 Å². The highest BCUT2D eigenvalue weighted by molar-refractivity contribution is 5.85. The smallest absolute Gasteiger partial charge is 0.412 e. The van der Waals surface area contributed by atoms with Crippen molar-refractivity contribution in [1.82, 2.24) is 0 Å². The Hall–Kier alpha value is -1.75. The van der Waals surface area contributed by atoms with Crippen LogP contribution >= 0.6 is 0 Å². The zero-order valence-corrected chi connectivity index (χ0v) is 11.9. The van der Waals surface area contributed by atoms with Gasteiger partial charge in [-0.2, -0.15) is 0 Å². The summed E-state index contributed by atoms with van der Waals surface area (Å²) in [6.45, 7) is 7.93. The highest BCUT2D eigenvalue weighted by Gasteiger charge is 2.16. The Kier molecular flexibility index (Phi) is 5.18. The predicted molar refractivity (Wildman–Crippen MR) is 76.6 cm³/mol. The van der Waals surface area contributed by atoms with Crippen molar-refractivity contribution >= 4 is 17.5 Å². The van der Waals surface area contributed by atoms with Crippen molar-refractivity contribution < 1.29 is 14.6 Å². The largest absolute Gasteiger partial charge is 0.444 e. The van der Waals surface area contributed by atoms with Crippen LogP contribution < -0.4 is 10.6 Å². The molecule has 0 spiro atoms. The Balaban J connectivity index is 2.71. The molecule has 0 saturated carbocycles. The van der Waals surface area contributed by atoms with Gasteiger partial charge in [0.1, 0.15) is 5.60 Å². The molecule has 1 aromatic carbocycles. The average Bonchev–Trinajstić information content (AvgIpc) is 2.27. The summed E-state index contributed by atoms with van der Waals surface area (Å²) in [6, 6.07) is 5.52. The lowest BCUT2D eigenvalue weighted by atomic mass is 10.2. The monoisotopic (exact) mass is 266 g/mol. The van der Waals surface area contributed by atoms with Gasteiger partial charge in [0.25, 0.3) is 0 Å². The summed E-state index contributed by atoms with van der Waals surface area (Å²) >= 11 is 0. The minimum Gasteiger partial charge on any atom is -0.444 e. The maximum Gasteiger partial charge on any atom is 0.412 e. The fraction of sp³-hybridized carbons (Fsp3) is 0.500. The Bertz CT molecular complexity index is 439. The first-order valence-corrected chi connectivity index (χ1v) is 6.27. The van der Waals surface area contributed by atoms with Gasteiger partial charge in [0, 0.05) is 17.9 Å². The number of aryl methyl sites for hydroxylation is 1. The van der Waals surface area contributed by atoms with Crippen LogP contribution in [-0.4, -0.2) is 30.0 Å². The van der Waals surface area contributed by atoms with E-state index in [1.165, 1.54) is 0 Å². The van der Waals surface area contributed by atoms with Crippen molar-refractivity contribution in [2.75, 3.05) is 23.8 Å². The predicted octanol–water partition coefficient (Wildman–Crippen LogP) is 2.75. The lowest BCUT2D eigenvalue weighted by Crippen LogP contribution is -2.27. The molecule has 0 fully saturated rings. The van der Waals surface area contributed by atoms with E-state index in [0.717, 1.165) is 11.3 Å². The Morgan fingerprint density at radius 3 is 2.63 bits per heavy atom. The third-order valence-corrected chi connectivity index (χ3v) is 2.31. The normalized spacial score (nSPS) is 11.0. The van der Waals surface area contributed by atoms with Crippen LogP contribution in [0.15, 0.2) is 18.2 Å². The highest BCUT2D eigenvalue weighted by atomic mass is 16.6. The van der Waals surface area contributed by atoms with E-state index in [1.807, 2.05) is 45.9 Å². The summed E-state index contributed by atoms with van der Waals surface area (Å²) in [4.78, 5) is 11.6. The van der Waals surface area contributed by atoms with Gasteiger partial charge in [0.2, 0.25) is 0 Å². The summed E-state index contributed by atoms with van der Waals surface area (Å²) in [5.41, 5.74) is 2.05. The summed E-state index contributed by atoms with van der Waals surface area (Å²) in [5, 5.41) is 14.6. The Labute approximate surface area is 114 Å². The molecule has 1 rings (SSSR count). The molecule has 0 aliphatic rings. The molecule has 0 radical (unpaired) electrons. The maximum atomic E-state index is 11.6. The van der Waals surface area contributed by atoms with E-state index in [9.17, 15) is 4.79 Å². The number of amides is 1. The fourth-order valence-corrected chi connectivity index (χ4v) is 1.50. The van der Waals surface area contributed by atoms with Gasteiger partial charge in [0.05, 0.1) is 6.61 Å². The van der Waals surface area contributed by atoms with E-state index in [-0.39, 0.29) is 6.61 Å². The number of aliphatic hydroxyl groups excluding tert-OH is 1. The van der Waals surface area contributed by atoms with Gasteiger partial charge < -0.3 is 15.2 Å². The number of anilines is 2. The molecule has 0 heterocycles. The average molecular weight is 266 g/mol. The van der Waals surface area contributed by atoms with Gasteiger partial charge in [-0.25, -0.2) is 4.79 Å². The highest BCUT2D eigenvalue weighted by Crippen LogP contribution is 2.20. The van der Waals surface area contributed by atoms with Gasteiger partial charge in [-0.05, 0) is 45.4 Å². The molecule has 5 heteroatoms. The van der Waals surface area contributed by atoms with Crippen LogP contribution in [0.3, 0.4) is 0 Å². The summed E-state index contributed by atoms with van der Waals surface area (Å²) < 4.78 is 5.18. The van der Waals surface area contributed by atoms with Crippen molar-refractivity contribution in [3.05, 3.63) is 23.8 Å². The molecule has 0 unspecified atom stereocenters. The first-order valence-electron chi connectivity index (χ1n) is 6.27. The summed E-state index contributed by atoms with van der Waals surface area (Å²) in [6.07, 6.45) is -0.482. The molecule has 0 aliphatic carbocycles. The number of nitrogens with one attached hydrogen (secondary N) is 2. The molecule has 3 N–H and O–H groups in total. The topological polar surface area (TPSA) is 70.6 Å². The van der Waals surface area contributed by atoms with Crippen molar-refractivity contribution in [2.45, 2.75) is 33.3 Å². The number of benzene rings is 1. The third kappa shape index (κ3) is 5.61. The molecule has 0 saturated heterocycles. The van der Waals surface area contributed by atoms with Crippen molar-refractivity contribution in [3.63, 3.8) is 0 Å². The van der Waals surface area contributed by atoms with Crippen LogP contribution in [-0.2, 0) is 4.74 Å². The molecule has 0 aliphatic heterocycles. The minimum absolute atomic E-state index is 0.0587. The lowest BCUT2D eigenvalue weighted by molar-refractivity contribution is 0.0636. The zero-order valence-electron chi connectivity index (χ0n) is 11.9. The van der Waals surface area contributed by atoms with Gasteiger partial charge in [0.15, 0.2) is 0 Å². The van der Waals surface area contributed by atoms with Crippen LogP contribution in [0.5, 0.6) is 0 Å². The van der Waals surface area contributed by atoms with E-state index in [1.54, 1.807) is 0 Å². The van der Waals surface area contributed by atoms with Crippen molar-refractivity contribution in [3.8, 4) is 0 Å². The number of carbonyl (C=O) groups excluding carboxylic acids is 1. The number of carbonyl (C=O) groups is 1. The third-order valence-electron chi connectivity index (χ3n) is 2.31. The van der Waals surface area contributed by atoms with E-state index in [2.05, 4.69) is 10.6 Å². The molecular formula is C14H22N2O3. The van der Waals surface area contributed by atoms with E-state index in [4.69, 9.17) is 9.84 Å². The van der Waals surface area contributed by atoms with Crippen molar-refractivity contribution in [1.29, 1.82) is 0 Å². The molecule has 0 bridgehead atoms. The van der Waals surface area contributed by atoms with E-state index in [0.29, 0.717) is 12.2 Å². The summed E-state index contributed by atoms with van der Waals surface area (Å²) in [7, 11) is 0. The number of hydrogen-bond acceptors (Lipinski definition) is 4. The van der Waals surface area contributed by atoms with E-state index < -0.39 is 11.7 Å². The van der Waals surface area contributed by atoms with Gasteiger partial charge >= 0.3 is 6.09 Å². The molecule has 19 heavy (non-hydrogen) atoms. The maximum absolute atomic E-state index is 11.6. The Morgan fingerprint density at radius 1 is 1.37 bits per heavy atom. The first-order chi connectivity index (χ1) is 8.81. The van der Waals surface area contributed by atoms with E-state index >= 15 is 0 Å². The van der Waals surface area contributed by atoms with Crippen LogP contribution in [0.4, 0.5) is 16.2 Å². The van der Waals surface area contributed by atoms with Crippen LogP contribution in [0.25, 0.3) is 0 Å². The van der Waals surface area contributed by atoms with Crippen LogP contribution in [0, 0.1) is 6.92 Å². The zero-order chi connectivity index (χ0) is 14.5.